The van der Waals surface area contributed by atoms with Gasteiger partial charge in [0.2, 0.25) is 0 Å². The van der Waals surface area contributed by atoms with Crippen molar-refractivity contribution in [2.45, 2.75) is 12.8 Å². The van der Waals surface area contributed by atoms with E-state index in [4.69, 9.17) is 0 Å². The standard InChI is InChI=1S/C13H16FN3O/c1-15-7-3-4-9-10(14)8-16-11-5-6-12(18)17(2)13(9)11/h5-6,8,15H,3-4,7H2,1-2H3. The van der Waals surface area contributed by atoms with Gasteiger partial charge in [-0.15, -0.1) is 0 Å². The van der Waals surface area contributed by atoms with Crippen LogP contribution in [0.25, 0.3) is 11.0 Å². The van der Waals surface area contributed by atoms with Crippen LogP contribution in [0.1, 0.15) is 12.0 Å². The van der Waals surface area contributed by atoms with E-state index in [-0.39, 0.29) is 11.4 Å². The first-order chi connectivity index (χ1) is 8.65. The zero-order valence-electron chi connectivity index (χ0n) is 10.5. The molecule has 0 amide bonds. The van der Waals surface area contributed by atoms with Crippen LogP contribution in [0.4, 0.5) is 4.39 Å². The average molecular weight is 249 g/mol. The minimum atomic E-state index is -0.347. The number of aryl methyl sites for hydroxylation is 2. The average Bonchev–Trinajstić information content (AvgIpc) is 2.36. The first-order valence-electron chi connectivity index (χ1n) is 5.93. The summed E-state index contributed by atoms with van der Waals surface area (Å²) in [6.07, 6.45) is 2.63. The molecule has 0 aliphatic heterocycles. The zero-order chi connectivity index (χ0) is 13.1. The van der Waals surface area contributed by atoms with Crippen molar-refractivity contribution in [1.82, 2.24) is 14.9 Å². The van der Waals surface area contributed by atoms with Crippen molar-refractivity contribution in [3.05, 3.63) is 40.1 Å². The van der Waals surface area contributed by atoms with E-state index in [9.17, 15) is 9.18 Å². The van der Waals surface area contributed by atoms with Gasteiger partial charge in [-0.1, -0.05) is 0 Å². The summed E-state index contributed by atoms with van der Waals surface area (Å²) in [5.41, 5.74) is 1.66. The van der Waals surface area contributed by atoms with Crippen LogP contribution in [0.15, 0.2) is 23.1 Å². The lowest BCUT2D eigenvalue weighted by Crippen LogP contribution is -2.18. The summed E-state index contributed by atoms with van der Waals surface area (Å²) in [5.74, 6) is -0.347. The summed E-state index contributed by atoms with van der Waals surface area (Å²) >= 11 is 0. The van der Waals surface area contributed by atoms with Crippen LogP contribution in [0, 0.1) is 5.82 Å². The first-order valence-corrected chi connectivity index (χ1v) is 5.93. The van der Waals surface area contributed by atoms with Crippen molar-refractivity contribution >= 4 is 11.0 Å². The first kappa shape index (κ1) is 12.7. The highest BCUT2D eigenvalue weighted by Crippen LogP contribution is 2.19. The molecule has 0 atom stereocenters. The number of fused-ring (bicyclic) bond motifs is 1. The van der Waals surface area contributed by atoms with Gasteiger partial charge in [0.15, 0.2) is 0 Å². The predicted octanol–water partition coefficient (Wildman–Crippen LogP) is 1.22. The maximum atomic E-state index is 13.9. The quantitative estimate of drug-likeness (QED) is 0.829. The molecule has 0 radical (unpaired) electrons. The number of nitrogens with one attached hydrogen (secondary N) is 1. The minimum Gasteiger partial charge on any atom is -0.320 e. The molecule has 0 aliphatic rings. The lowest BCUT2D eigenvalue weighted by molar-refractivity contribution is 0.596. The number of halogens is 1. The fourth-order valence-corrected chi connectivity index (χ4v) is 2.08. The molecule has 0 aromatic carbocycles. The Balaban J connectivity index is 2.58. The van der Waals surface area contributed by atoms with E-state index in [1.165, 1.54) is 16.8 Å². The van der Waals surface area contributed by atoms with Crippen LogP contribution >= 0.6 is 0 Å². The summed E-state index contributed by atoms with van der Waals surface area (Å²) in [5, 5.41) is 3.02. The Morgan fingerprint density at radius 3 is 2.94 bits per heavy atom. The molecule has 18 heavy (non-hydrogen) atoms. The van der Waals surface area contributed by atoms with Gasteiger partial charge in [-0.25, -0.2) is 4.39 Å². The fraction of sp³-hybridized carbons (Fsp3) is 0.385. The maximum absolute atomic E-state index is 13.9. The number of hydrogen-bond donors (Lipinski definition) is 1. The van der Waals surface area contributed by atoms with E-state index in [1.54, 1.807) is 13.1 Å². The second-order valence-electron chi connectivity index (χ2n) is 4.26. The highest BCUT2D eigenvalue weighted by Gasteiger charge is 2.11. The molecular weight excluding hydrogens is 233 g/mol. The Morgan fingerprint density at radius 2 is 2.22 bits per heavy atom. The van der Waals surface area contributed by atoms with Gasteiger partial charge in [0.05, 0.1) is 17.2 Å². The Morgan fingerprint density at radius 1 is 1.44 bits per heavy atom. The third kappa shape index (κ3) is 2.26. The molecule has 0 saturated carbocycles. The zero-order valence-corrected chi connectivity index (χ0v) is 10.5. The summed E-state index contributed by atoms with van der Waals surface area (Å²) in [6.45, 7) is 0.810. The van der Waals surface area contributed by atoms with E-state index < -0.39 is 0 Å². The number of rotatable bonds is 4. The third-order valence-electron chi connectivity index (χ3n) is 3.04. The molecule has 1 N–H and O–H groups in total. The highest BCUT2D eigenvalue weighted by atomic mass is 19.1. The molecule has 0 saturated heterocycles. The van der Waals surface area contributed by atoms with Crippen molar-refractivity contribution in [2.24, 2.45) is 7.05 Å². The summed E-state index contributed by atoms with van der Waals surface area (Å²) < 4.78 is 15.3. The SMILES string of the molecule is CNCCCc1c(F)cnc2ccc(=O)n(C)c12. The minimum absolute atomic E-state index is 0.148. The van der Waals surface area contributed by atoms with E-state index in [0.717, 1.165) is 13.0 Å². The molecule has 2 aromatic heterocycles. The highest BCUT2D eigenvalue weighted by molar-refractivity contribution is 5.78. The van der Waals surface area contributed by atoms with Crippen LogP contribution in [0.5, 0.6) is 0 Å². The molecule has 4 nitrogen and oxygen atoms in total. The molecule has 2 heterocycles. The Hall–Kier alpha value is -1.75. The number of pyridine rings is 2. The Kier molecular flexibility index (Phi) is 3.72. The Labute approximate surface area is 104 Å². The predicted molar refractivity (Wildman–Crippen MR) is 69.2 cm³/mol. The van der Waals surface area contributed by atoms with E-state index in [1.807, 2.05) is 7.05 Å². The van der Waals surface area contributed by atoms with Crippen molar-refractivity contribution < 1.29 is 4.39 Å². The van der Waals surface area contributed by atoms with Gasteiger partial charge in [0, 0.05) is 18.7 Å². The van der Waals surface area contributed by atoms with E-state index in [0.29, 0.717) is 23.0 Å². The van der Waals surface area contributed by atoms with Crippen molar-refractivity contribution in [2.75, 3.05) is 13.6 Å². The van der Waals surface area contributed by atoms with Crippen LogP contribution in [-0.2, 0) is 13.5 Å². The molecule has 5 heteroatoms. The molecular formula is C13H16FN3O. The molecule has 2 rings (SSSR count). The van der Waals surface area contributed by atoms with Gasteiger partial charge < -0.3 is 9.88 Å². The summed E-state index contributed by atoms with van der Waals surface area (Å²) in [6, 6.07) is 3.09. The molecule has 0 aliphatic carbocycles. The largest absolute Gasteiger partial charge is 0.320 e. The lowest BCUT2D eigenvalue weighted by atomic mass is 10.1. The van der Waals surface area contributed by atoms with Gasteiger partial charge in [0.1, 0.15) is 5.82 Å². The van der Waals surface area contributed by atoms with Gasteiger partial charge in [-0.05, 0) is 32.5 Å². The lowest BCUT2D eigenvalue weighted by Gasteiger charge is -2.10. The van der Waals surface area contributed by atoms with E-state index >= 15 is 0 Å². The van der Waals surface area contributed by atoms with Crippen LogP contribution in [0.3, 0.4) is 0 Å². The Bertz CT molecular complexity index is 621. The molecule has 2 aromatic rings. The van der Waals surface area contributed by atoms with Crippen LogP contribution in [-0.4, -0.2) is 23.1 Å². The molecule has 96 valence electrons. The second-order valence-corrected chi connectivity index (χ2v) is 4.26. The number of aromatic nitrogens is 2. The molecule has 0 fully saturated rings. The monoisotopic (exact) mass is 249 g/mol. The van der Waals surface area contributed by atoms with Gasteiger partial charge in [0.25, 0.3) is 5.56 Å². The molecule has 0 bridgehead atoms. The number of hydrogen-bond acceptors (Lipinski definition) is 3. The smallest absolute Gasteiger partial charge is 0.250 e. The van der Waals surface area contributed by atoms with Gasteiger partial charge in [-0.2, -0.15) is 0 Å². The van der Waals surface area contributed by atoms with E-state index in [2.05, 4.69) is 10.3 Å². The number of nitrogens with zero attached hydrogens (tertiary/aromatic N) is 2. The summed E-state index contributed by atoms with van der Waals surface area (Å²) in [7, 11) is 3.50. The van der Waals surface area contributed by atoms with Crippen LogP contribution < -0.4 is 10.9 Å². The van der Waals surface area contributed by atoms with Gasteiger partial charge in [-0.3, -0.25) is 9.78 Å². The molecule has 0 spiro atoms. The van der Waals surface area contributed by atoms with Crippen molar-refractivity contribution in [3.8, 4) is 0 Å². The van der Waals surface area contributed by atoms with Crippen molar-refractivity contribution in [3.63, 3.8) is 0 Å². The van der Waals surface area contributed by atoms with Gasteiger partial charge >= 0.3 is 0 Å². The topological polar surface area (TPSA) is 46.9 Å². The molecule has 0 unspecified atom stereocenters. The third-order valence-corrected chi connectivity index (χ3v) is 3.04. The van der Waals surface area contributed by atoms with Crippen molar-refractivity contribution in [1.29, 1.82) is 0 Å². The van der Waals surface area contributed by atoms with Crippen LogP contribution in [0.2, 0.25) is 0 Å². The maximum Gasteiger partial charge on any atom is 0.250 e. The fourth-order valence-electron chi connectivity index (χ4n) is 2.08. The summed E-state index contributed by atoms with van der Waals surface area (Å²) in [4.78, 5) is 15.6. The normalized spacial score (nSPS) is 11.1. The second kappa shape index (κ2) is 5.27.